The number of nitrogens with one attached hydrogen (secondary N) is 1. The fraction of sp³-hybridized carbons (Fsp3) is 0.381. The summed E-state index contributed by atoms with van der Waals surface area (Å²) in [6, 6.07) is 11.0. The van der Waals surface area contributed by atoms with Crippen molar-refractivity contribution in [1.29, 1.82) is 0 Å². The highest BCUT2D eigenvalue weighted by molar-refractivity contribution is 5.91. The van der Waals surface area contributed by atoms with Crippen molar-refractivity contribution in [2.24, 2.45) is 0 Å². The first kappa shape index (κ1) is 20.0. The van der Waals surface area contributed by atoms with E-state index in [9.17, 15) is 4.79 Å². The zero-order valence-corrected chi connectivity index (χ0v) is 16.9. The van der Waals surface area contributed by atoms with E-state index in [0.717, 1.165) is 19.6 Å². The molecule has 0 spiro atoms. The lowest BCUT2D eigenvalue weighted by Crippen LogP contribution is -3.15. The number of hydrogen-bond acceptors (Lipinski definition) is 7. The molecule has 3 heterocycles. The van der Waals surface area contributed by atoms with Crippen LogP contribution < -0.4 is 14.4 Å². The number of benzene rings is 1. The summed E-state index contributed by atoms with van der Waals surface area (Å²) in [5.41, 5.74) is 0. The Bertz CT molecular complexity index is 948. The second-order valence-electron chi connectivity index (χ2n) is 7.09. The number of nitrogens with zero attached hydrogens (tertiary/aromatic N) is 3. The standard InChI is InChI=1S/C21H24N4O5/c1-16-22-20(30-23-16)15-29-18-6-3-2-5-17(18)28-14-12-24-8-10-25(11-9-24)21(26)19-7-4-13-27-19/h2-7,13H,8-12,14-15H2,1H3/p+1. The number of amides is 1. The number of quaternary nitrogens is 1. The van der Waals surface area contributed by atoms with Crippen molar-refractivity contribution in [3.8, 4) is 11.5 Å². The van der Waals surface area contributed by atoms with E-state index < -0.39 is 0 Å². The monoisotopic (exact) mass is 413 g/mol. The van der Waals surface area contributed by atoms with Crippen LogP contribution in [0.25, 0.3) is 0 Å². The number of piperazine rings is 1. The predicted octanol–water partition coefficient (Wildman–Crippen LogP) is 0.970. The number of furan rings is 1. The molecular weight excluding hydrogens is 388 g/mol. The second kappa shape index (κ2) is 9.45. The minimum Gasteiger partial charge on any atom is -0.484 e. The van der Waals surface area contributed by atoms with Crippen LogP contribution in [0.4, 0.5) is 0 Å². The number of aromatic nitrogens is 2. The van der Waals surface area contributed by atoms with Gasteiger partial charge < -0.3 is 28.2 Å². The Hall–Kier alpha value is -3.33. The molecule has 0 bridgehead atoms. The van der Waals surface area contributed by atoms with Crippen molar-refractivity contribution in [3.63, 3.8) is 0 Å². The van der Waals surface area contributed by atoms with Crippen LogP contribution >= 0.6 is 0 Å². The molecule has 1 fully saturated rings. The van der Waals surface area contributed by atoms with Crippen LogP contribution in [-0.4, -0.2) is 60.3 Å². The lowest BCUT2D eigenvalue weighted by Gasteiger charge is -2.31. The minimum absolute atomic E-state index is 0.0437. The normalized spacial score (nSPS) is 14.6. The van der Waals surface area contributed by atoms with E-state index in [1.54, 1.807) is 19.1 Å². The number of hydrogen-bond donors (Lipinski definition) is 1. The topological polar surface area (TPSA) is 95.3 Å². The highest BCUT2D eigenvalue weighted by atomic mass is 16.5. The molecule has 2 aromatic heterocycles. The molecule has 4 rings (SSSR count). The summed E-state index contributed by atoms with van der Waals surface area (Å²) in [6.07, 6.45) is 1.52. The molecule has 1 aliphatic rings. The molecule has 1 N–H and O–H groups in total. The molecule has 30 heavy (non-hydrogen) atoms. The average Bonchev–Trinajstić information content (AvgIpc) is 3.45. The maximum Gasteiger partial charge on any atom is 0.289 e. The number of ether oxygens (including phenoxy) is 2. The predicted molar refractivity (Wildman–Crippen MR) is 105 cm³/mol. The van der Waals surface area contributed by atoms with Crippen LogP contribution in [0.1, 0.15) is 22.3 Å². The van der Waals surface area contributed by atoms with Crippen LogP contribution in [0.15, 0.2) is 51.6 Å². The minimum atomic E-state index is -0.0437. The number of carbonyl (C=O) groups is 1. The van der Waals surface area contributed by atoms with Crippen molar-refractivity contribution < 1.29 is 28.1 Å². The molecule has 9 nitrogen and oxygen atoms in total. The Morgan fingerprint density at radius 3 is 2.57 bits per heavy atom. The molecule has 158 valence electrons. The molecule has 1 amide bonds. The molecule has 3 aromatic rings. The van der Waals surface area contributed by atoms with E-state index in [4.69, 9.17) is 18.4 Å². The van der Waals surface area contributed by atoms with Crippen molar-refractivity contribution in [2.45, 2.75) is 13.5 Å². The molecule has 0 atom stereocenters. The molecule has 1 saturated heterocycles. The smallest absolute Gasteiger partial charge is 0.289 e. The summed E-state index contributed by atoms with van der Waals surface area (Å²) in [5.74, 6) is 2.67. The van der Waals surface area contributed by atoms with Gasteiger partial charge in [-0.3, -0.25) is 4.79 Å². The van der Waals surface area contributed by atoms with E-state index >= 15 is 0 Å². The Balaban J connectivity index is 1.22. The molecule has 9 heteroatoms. The molecule has 1 aliphatic heterocycles. The Morgan fingerprint density at radius 1 is 1.13 bits per heavy atom. The van der Waals surface area contributed by atoms with Gasteiger partial charge in [-0.15, -0.1) is 0 Å². The third kappa shape index (κ3) is 4.98. The highest BCUT2D eigenvalue weighted by Crippen LogP contribution is 2.27. The molecule has 0 radical (unpaired) electrons. The summed E-state index contributed by atoms with van der Waals surface area (Å²) in [6.45, 7) is 6.53. The third-order valence-corrected chi connectivity index (χ3v) is 4.97. The third-order valence-electron chi connectivity index (χ3n) is 4.97. The number of aryl methyl sites for hydroxylation is 1. The lowest BCUT2D eigenvalue weighted by molar-refractivity contribution is -0.903. The second-order valence-corrected chi connectivity index (χ2v) is 7.09. The van der Waals surface area contributed by atoms with Gasteiger partial charge in [0.05, 0.1) is 32.4 Å². The number of para-hydroxylation sites is 2. The van der Waals surface area contributed by atoms with Crippen LogP contribution in [0.3, 0.4) is 0 Å². The summed E-state index contributed by atoms with van der Waals surface area (Å²) >= 11 is 0. The summed E-state index contributed by atoms with van der Waals surface area (Å²) in [4.78, 5) is 19.7. The van der Waals surface area contributed by atoms with Crippen LogP contribution in [0.5, 0.6) is 11.5 Å². The Labute approximate surface area is 174 Å². The van der Waals surface area contributed by atoms with Crippen LogP contribution in [0.2, 0.25) is 0 Å². The fourth-order valence-electron chi connectivity index (χ4n) is 3.36. The van der Waals surface area contributed by atoms with Crippen molar-refractivity contribution in [2.75, 3.05) is 39.3 Å². The number of carbonyl (C=O) groups excluding carboxylic acids is 1. The molecule has 1 aromatic carbocycles. The SMILES string of the molecule is Cc1noc(COc2ccccc2OCC[NH+]2CCN(C(=O)c3ccco3)CC2)n1. The van der Waals surface area contributed by atoms with Gasteiger partial charge in [-0.1, -0.05) is 17.3 Å². The molecule has 0 unspecified atom stereocenters. The summed E-state index contributed by atoms with van der Waals surface area (Å²) in [7, 11) is 0. The molecule has 0 saturated carbocycles. The van der Waals surface area contributed by atoms with Gasteiger partial charge in [0.1, 0.15) is 13.2 Å². The van der Waals surface area contributed by atoms with Gasteiger partial charge in [0.15, 0.2) is 29.7 Å². The van der Waals surface area contributed by atoms with Crippen molar-refractivity contribution in [3.05, 3.63) is 60.1 Å². The van der Waals surface area contributed by atoms with Gasteiger partial charge in [-0.25, -0.2) is 0 Å². The molecule has 0 aliphatic carbocycles. The fourth-order valence-corrected chi connectivity index (χ4v) is 3.36. The van der Waals surface area contributed by atoms with E-state index in [1.807, 2.05) is 29.2 Å². The summed E-state index contributed by atoms with van der Waals surface area (Å²) < 4.78 is 22.0. The van der Waals surface area contributed by atoms with E-state index in [-0.39, 0.29) is 12.5 Å². The van der Waals surface area contributed by atoms with Gasteiger partial charge in [0.2, 0.25) is 0 Å². The van der Waals surface area contributed by atoms with Gasteiger partial charge in [0.25, 0.3) is 11.8 Å². The lowest BCUT2D eigenvalue weighted by atomic mass is 10.3. The molecular formula is C21H25N4O5+. The highest BCUT2D eigenvalue weighted by Gasteiger charge is 2.25. The van der Waals surface area contributed by atoms with Gasteiger partial charge in [-0.05, 0) is 31.2 Å². The van der Waals surface area contributed by atoms with Gasteiger partial charge in [0, 0.05) is 0 Å². The first-order valence-electron chi connectivity index (χ1n) is 9.99. The largest absolute Gasteiger partial charge is 0.484 e. The first-order valence-corrected chi connectivity index (χ1v) is 9.99. The average molecular weight is 413 g/mol. The van der Waals surface area contributed by atoms with E-state index in [0.29, 0.717) is 48.7 Å². The maximum atomic E-state index is 12.3. The zero-order chi connectivity index (χ0) is 20.8. The summed E-state index contributed by atoms with van der Waals surface area (Å²) in [5, 5.41) is 3.75. The first-order chi connectivity index (χ1) is 14.7. The van der Waals surface area contributed by atoms with E-state index in [1.165, 1.54) is 11.2 Å². The van der Waals surface area contributed by atoms with E-state index in [2.05, 4.69) is 10.1 Å². The Morgan fingerprint density at radius 2 is 1.90 bits per heavy atom. The van der Waals surface area contributed by atoms with Crippen LogP contribution in [-0.2, 0) is 6.61 Å². The van der Waals surface area contributed by atoms with Crippen molar-refractivity contribution >= 4 is 5.91 Å². The zero-order valence-electron chi connectivity index (χ0n) is 16.9. The van der Waals surface area contributed by atoms with Gasteiger partial charge in [-0.2, -0.15) is 4.98 Å². The number of rotatable bonds is 8. The Kier molecular flexibility index (Phi) is 6.29. The van der Waals surface area contributed by atoms with Crippen LogP contribution in [0, 0.1) is 6.92 Å². The maximum absolute atomic E-state index is 12.3. The van der Waals surface area contributed by atoms with Crippen molar-refractivity contribution in [1.82, 2.24) is 15.0 Å². The van der Waals surface area contributed by atoms with Gasteiger partial charge >= 0.3 is 0 Å². The quantitative estimate of drug-likeness (QED) is 0.588.